The topological polar surface area (TPSA) is 70.5 Å². The van der Waals surface area contributed by atoms with Crippen molar-refractivity contribution in [3.8, 4) is 0 Å². The molecular formula is C14H26N4O2. The van der Waals surface area contributed by atoms with Gasteiger partial charge >= 0.3 is 0 Å². The maximum atomic E-state index is 9.26. The molecule has 0 aliphatic heterocycles. The molecule has 1 unspecified atom stereocenters. The normalized spacial score (nSPS) is 12.2. The van der Waals surface area contributed by atoms with E-state index in [2.05, 4.69) is 22.2 Å². The van der Waals surface area contributed by atoms with Gasteiger partial charge in [0, 0.05) is 26.3 Å². The minimum Gasteiger partial charge on any atom is -0.394 e. The summed E-state index contributed by atoms with van der Waals surface area (Å²) in [5, 5.41) is 12.5. The van der Waals surface area contributed by atoms with Crippen LogP contribution in [0.3, 0.4) is 0 Å². The zero-order valence-corrected chi connectivity index (χ0v) is 12.9. The molecule has 0 aliphatic carbocycles. The van der Waals surface area contributed by atoms with Crippen LogP contribution in [0.25, 0.3) is 0 Å². The molecular weight excluding hydrogens is 256 g/mol. The first-order valence-electron chi connectivity index (χ1n) is 7.15. The van der Waals surface area contributed by atoms with E-state index in [1.54, 1.807) is 0 Å². The predicted octanol–water partition coefficient (Wildman–Crippen LogP) is 1.65. The highest BCUT2D eigenvalue weighted by molar-refractivity contribution is 5.49. The van der Waals surface area contributed by atoms with Gasteiger partial charge in [-0.15, -0.1) is 0 Å². The van der Waals surface area contributed by atoms with Gasteiger partial charge in [0.2, 0.25) is 0 Å². The van der Waals surface area contributed by atoms with Crippen molar-refractivity contribution in [2.24, 2.45) is 0 Å². The molecule has 2 N–H and O–H groups in total. The number of hydrogen-bond donors (Lipinski definition) is 2. The average molecular weight is 282 g/mol. The number of nitrogens with zero attached hydrogens (tertiary/aromatic N) is 3. The van der Waals surface area contributed by atoms with Gasteiger partial charge in [0.1, 0.15) is 18.2 Å². The Balaban J connectivity index is 2.95. The van der Waals surface area contributed by atoms with Gasteiger partial charge in [-0.05, 0) is 20.3 Å². The molecule has 0 aliphatic rings. The van der Waals surface area contributed by atoms with Crippen LogP contribution in [0.15, 0.2) is 6.07 Å². The van der Waals surface area contributed by atoms with Crippen molar-refractivity contribution in [1.29, 1.82) is 0 Å². The second-order valence-corrected chi connectivity index (χ2v) is 4.73. The van der Waals surface area contributed by atoms with Gasteiger partial charge in [0.05, 0.1) is 12.6 Å². The Kier molecular flexibility index (Phi) is 7.25. The zero-order chi connectivity index (χ0) is 15.0. The van der Waals surface area contributed by atoms with Crippen molar-refractivity contribution in [1.82, 2.24) is 9.97 Å². The van der Waals surface area contributed by atoms with E-state index < -0.39 is 0 Å². The predicted molar refractivity (Wildman–Crippen MR) is 81.1 cm³/mol. The standard InChI is InChI=1S/C14H26N4O2/c1-5-7-15-12-8-14(18(4)11(3)9-19)17-13(16-12)10-20-6-2/h8,11,19H,5-7,9-10H2,1-4H3,(H,15,16,17). The molecule has 0 amide bonds. The van der Waals surface area contributed by atoms with E-state index in [9.17, 15) is 5.11 Å². The van der Waals surface area contributed by atoms with Gasteiger partial charge in [0.25, 0.3) is 0 Å². The summed E-state index contributed by atoms with van der Waals surface area (Å²) in [4.78, 5) is 10.9. The fourth-order valence-electron chi connectivity index (χ4n) is 1.61. The van der Waals surface area contributed by atoms with Crippen molar-refractivity contribution < 1.29 is 9.84 Å². The highest BCUT2D eigenvalue weighted by Gasteiger charge is 2.13. The van der Waals surface area contributed by atoms with Gasteiger partial charge < -0.3 is 20.1 Å². The van der Waals surface area contributed by atoms with Gasteiger partial charge in [-0.1, -0.05) is 6.92 Å². The summed E-state index contributed by atoms with van der Waals surface area (Å²) in [6.45, 7) is 7.98. The van der Waals surface area contributed by atoms with E-state index in [4.69, 9.17) is 4.74 Å². The Morgan fingerprint density at radius 2 is 2.15 bits per heavy atom. The lowest BCUT2D eigenvalue weighted by molar-refractivity contribution is 0.128. The van der Waals surface area contributed by atoms with E-state index in [1.807, 2.05) is 31.9 Å². The number of aliphatic hydroxyl groups is 1. The van der Waals surface area contributed by atoms with E-state index in [-0.39, 0.29) is 12.6 Å². The average Bonchev–Trinajstić information content (AvgIpc) is 2.49. The quantitative estimate of drug-likeness (QED) is 0.717. The Hall–Kier alpha value is -1.40. The molecule has 1 atom stereocenters. The molecule has 0 radical (unpaired) electrons. The second kappa shape index (κ2) is 8.71. The second-order valence-electron chi connectivity index (χ2n) is 4.73. The molecule has 0 aromatic carbocycles. The maximum absolute atomic E-state index is 9.26. The number of hydrogen-bond acceptors (Lipinski definition) is 6. The monoisotopic (exact) mass is 282 g/mol. The molecule has 20 heavy (non-hydrogen) atoms. The van der Waals surface area contributed by atoms with Crippen molar-refractivity contribution in [2.75, 3.05) is 37.0 Å². The van der Waals surface area contributed by atoms with E-state index >= 15 is 0 Å². The van der Waals surface area contributed by atoms with Crippen molar-refractivity contribution >= 4 is 11.6 Å². The molecule has 1 aromatic rings. The Labute approximate surface area is 121 Å². The number of anilines is 2. The minimum absolute atomic E-state index is 0.00358. The molecule has 0 fully saturated rings. The summed E-state index contributed by atoms with van der Waals surface area (Å²) >= 11 is 0. The summed E-state index contributed by atoms with van der Waals surface area (Å²) in [5.41, 5.74) is 0. The van der Waals surface area contributed by atoms with Crippen molar-refractivity contribution in [3.63, 3.8) is 0 Å². The van der Waals surface area contributed by atoms with E-state index in [0.717, 1.165) is 24.6 Å². The highest BCUT2D eigenvalue weighted by Crippen LogP contribution is 2.17. The Morgan fingerprint density at radius 1 is 1.40 bits per heavy atom. The van der Waals surface area contributed by atoms with Crippen LogP contribution in [-0.2, 0) is 11.3 Å². The molecule has 1 aromatic heterocycles. The Morgan fingerprint density at radius 3 is 2.75 bits per heavy atom. The molecule has 0 saturated heterocycles. The largest absolute Gasteiger partial charge is 0.394 e. The number of aromatic nitrogens is 2. The first-order chi connectivity index (χ1) is 9.62. The fourth-order valence-corrected chi connectivity index (χ4v) is 1.61. The first kappa shape index (κ1) is 16.7. The van der Waals surface area contributed by atoms with Crippen molar-refractivity contribution in [2.45, 2.75) is 39.8 Å². The highest BCUT2D eigenvalue weighted by atomic mass is 16.5. The van der Waals surface area contributed by atoms with Crippen LogP contribution in [0, 0.1) is 0 Å². The number of nitrogens with one attached hydrogen (secondary N) is 1. The van der Waals surface area contributed by atoms with Gasteiger partial charge in [0.15, 0.2) is 5.82 Å². The molecule has 114 valence electrons. The third-order valence-electron chi connectivity index (χ3n) is 3.04. The maximum Gasteiger partial charge on any atom is 0.158 e. The Bertz CT molecular complexity index is 375. The van der Waals surface area contributed by atoms with Gasteiger partial charge in [-0.3, -0.25) is 0 Å². The lowest BCUT2D eigenvalue weighted by Gasteiger charge is -2.25. The molecule has 0 saturated carbocycles. The zero-order valence-electron chi connectivity index (χ0n) is 12.9. The summed E-state index contributed by atoms with van der Waals surface area (Å²) in [6.07, 6.45) is 1.03. The SMILES string of the molecule is CCCNc1cc(N(C)C(C)CO)nc(COCC)n1. The van der Waals surface area contributed by atoms with E-state index in [1.165, 1.54) is 0 Å². The number of ether oxygens (including phenoxy) is 1. The summed E-state index contributed by atoms with van der Waals surface area (Å²) < 4.78 is 5.38. The van der Waals surface area contributed by atoms with Crippen LogP contribution in [-0.4, -0.2) is 47.9 Å². The third kappa shape index (κ3) is 4.94. The molecule has 0 spiro atoms. The molecule has 1 rings (SSSR count). The van der Waals surface area contributed by atoms with Crippen LogP contribution < -0.4 is 10.2 Å². The number of rotatable bonds is 9. The van der Waals surface area contributed by atoms with Crippen LogP contribution >= 0.6 is 0 Å². The fraction of sp³-hybridized carbons (Fsp3) is 0.714. The molecule has 0 bridgehead atoms. The van der Waals surface area contributed by atoms with Gasteiger partial charge in [-0.25, -0.2) is 9.97 Å². The summed E-state index contributed by atoms with van der Waals surface area (Å²) in [5.74, 6) is 2.23. The number of likely N-dealkylation sites (N-methyl/N-ethyl adjacent to an activating group) is 1. The smallest absolute Gasteiger partial charge is 0.158 e. The third-order valence-corrected chi connectivity index (χ3v) is 3.04. The number of aliphatic hydroxyl groups excluding tert-OH is 1. The minimum atomic E-state index is 0.00358. The molecule has 6 nitrogen and oxygen atoms in total. The van der Waals surface area contributed by atoms with E-state index in [0.29, 0.717) is 19.0 Å². The lowest BCUT2D eigenvalue weighted by Crippen LogP contribution is -2.32. The summed E-state index contributed by atoms with van der Waals surface area (Å²) in [7, 11) is 1.91. The van der Waals surface area contributed by atoms with Crippen LogP contribution in [0.4, 0.5) is 11.6 Å². The van der Waals surface area contributed by atoms with Crippen LogP contribution in [0.2, 0.25) is 0 Å². The van der Waals surface area contributed by atoms with Crippen LogP contribution in [0.1, 0.15) is 33.0 Å². The molecule has 6 heteroatoms. The van der Waals surface area contributed by atoms with Crippen LogP contribution in [0.5, 0.6) is 0 Å². The first-order valence-corrected chi connectivity index (χ1v) is 7.15. The molecule has 1 heterocycles. The van der Waals surface area contributed by atoms with Crippen molar-refractivity contribution in [3.05, 3.63) is 11.9 Å². The summed E-state index contributed by atoms with van der Waals surface area (Å²) in [6, 6.07) is 1.90. The van der Waals surface area contributed by atoms with Gasteiger partial charge in [-0.2, -0.15) is 0 Å². The lowest BCUT2D eigenvalue weighted by atomic mass is 10.3.